The third-order valence-corrected chi connectivity index (χ3v) is 3.09. The lowest BCUT2D eigenvalue weighted by molar-refractivity contribution is -0.119. The van der Waals surface area contributed by atoms with Gasteiger partial charge in [-0.05, 0) is 13.5 Å². The zero-order chi connectivity index (χ0) is 14.4. The minimum absolute atomic E-state index is 0.187. The topological polar surface area (TPSA) is 75.2 Å². The number of ketones is 1. The van der Waals surface area contributed by atoms with Gasteiger partial charge in [0.25, 0.3) is 5.56 Å². The number of aromatic nitrogens is 2. The lowest BCUT2D eigenvalue weighted by Crippen LogP contribution is -2.37. The molecule has 1 aromatic heterocycles. The lowest BCUT2D eigenvalue weighted by atomic mass is 10.3. The van der Waals surface area contributed by atoms with Crippen LogP contribution in [0.2, 0.25) is 0 Å². The molecule has 1 aromatic rings. The van der Waals surface area contributed by atoms with Crippen LogP contribution in [0.5, 0.6) is 0 Å². The van der Waals surface area contributed by atoms with Crippen LogP contribution in [-0.2, 0) is 11.3 Å². The summed E-state index contributed by atoms with van der Waals surface area (Å²) in [6, 6.07) is 0. The van der Waals surface area contributed by atoms with Crippen LogP contribution in [0.25, 0.3) is 0 Å². The van der Waals surface area contributed by atoms with E-state index in [0.29, 0.717) is 31.6 Å². The summed E-state index contributed by atoms with van der Waals surface area (Å²) in [5, 5.41) is 0. The fourth-order valence-corrected chi connectivity index (χ4v) is 1.74. The van der Waals surface area contributed by atoms with Gasteiger partial charge in [-0.1, -0.05) is 13.8 Å². The number of Topliss-reactive ketones (excluding diaryl/α,β-unsaturated/α-hetero) is 1. The summed E-state index contributed by atoms with van der Waals surface area (Å²) in [6.45, 7) is 7.70. The summed E-state index contributed by atoms with van der Waals surface area (Å²) < 4.78 is 1.47. The van der Waals surface area contributed by atoms with Crippen molar-refractivity contribution in [2.45, 2.75) is 33.7 Å². The van der Waals surface area contributed by atoms with Gasteiger partial charge in [-0.25, -0.2) is 4.79 Å². The van der Waals surface area contributed by atoms with Gasteiger partial charge in [-0.15, -0.1) is 0 Å². The third-order valence-electron chi connectivity index (χ3n) is 3.09. The maximum absolute atomic E-state index is 11.6. The summed E-state index contributed by atoms with van der Waals surface area (Å²) in [5.74, 6) is 0.187. The normalized spacial score (nSPS) is 10.9. The number of H-pyrrole nitrogens is 1. The number of likely N-dealkylation sites (N-methyl/N-ethyl adjacent to an activating group) is 1. The number of aryl methyl sites for hydroxylation is 1. The van der Waals surface area contributed by atoms with Crippen molar-refractivity contribution in [1.29, 1.82) is 0 Å². The molecule has 0 aliphatic carbocycles. The summed E-state index contributed by atoms with van der Waals surface area (Å²) in [5.41, 5.74) is -0.254. The molecule has 0 saturated heterocycles. The monoisotopic (exact) mass is 267 g/mol. The summed E-state index contributed by atoms with van der Waals surface area (Å²) in [7, 11) is 0. The van der Waals surface area contributed by atoms with Crippen LogP contribution in [0.4, 0.5) is 0 Å². The maximum atomic E-state index is 11.6. The zero-order valence-corrected chi connectivity index (χ0v) is 11.7. The van der Waals surface area contributed by atoms with E-state index in [4.69, 9.17) is 0 Å². The molecule has 0 aliphatic rings. The van der Waals surface area contributed by atoms with Crippen molar-refractivity contribution in [3.63, 3.8) is 0 Å². The van der Waals surface area contributed by atoms with E-state index in [0.717, 1.165) is 6.54 Å². The fourth-order valence-electron chi connectivity index (χ4n) is 1.74. The second kappa shape index (κ2) is 7.04. The molecule has 1 N–H and O–H groups in total. The molecule has 1 rings (SSSR count). The second-order valence-electron chi connectivity index (χ2n) is 4.53. The Morgan fingerprint density at radius 3 is 2.63 bits per heavy atom. The third kappa shape index (κ3) is 4.48. The van der Waals surface area contributed by atoms with Gasteiger partial charge in [0.15, 0.2) is 0 Å². The van der Waals surface area contributed by atoms with Crippen molar-refractivity contribution in [3.8, 4) is 0 Å². The molecule has 6 heteroatoms. The molecule has 0 amide bonds. The zero-order valence-electron chi connectivity index (χ0n) is 11.7. The van der Waals surface area contributed by atoms with Gasteiger partial charge >= 0.3 is 5.69 Å². The molecular formula is C13H21N3O3. The van der Waals surface area contributed by atoms with E-state index in [9.17, 15) is 14.4 Å². The van der Waals surface area contributed by atoms with Crippen LogP contribution in [0.15, 0.2) is 15.8 Å². The van der Waals surface area contributed by atoms with Crippen LogP contribution in [0, 0.1) is 6.92 Å². The van der Waals surface area contributed by atoms with Crippen molar-refractivity contribution < 1.29 is 4.79 Å². The quantitative estimate of drug-likeness (QED) is 0.763. The van der Waals surface area contributed by atoms with Crippen LogP contribution in [0.1, 0.15) is 25.8 Å². The first-order valence-electron chi connectivity index (χ1n) is 6.52. The van der Waals surface area contributed by atoms with E-state index >= 15 is 0 Å². The van der Waals surface area contributed by atoms with Gasteiger partial charge in [0.1, 0.15) is 5.78 Å². The molecule has 106 valence electrons. The van der Waals surface area contributed by atoms with Gasteiger partial charge in [0.05, 0.1) is 6.54 Å². The van der Waals surface area contributed by atoms with Crippen molar-refractivity contribution >= 4 is 5.78 Å². The Morgan fingerprint density at radius 2 is 2.05 bits per heavy atom. The fraction of sp³-hybridized carbons (Fsp3) is 0.615. The predicted octanol–water partition coefficient (Wildman–Crippen LogP) is 0.146. The van der Waals surface area contributed by atoms with Gasteiger partial charge in [0.2, 0.25) is 0 Å². The highest BCUT2D eigenvalue weighted by Gasteiger charge is 2.08. The highest BCUT2D eigenvalue weighted by molar-refractivity contribution is 5.80. The average Bonchev–Trinajstić information content (AvgIpc) is 2.39. The molecule has 19 heavy (non-hydrogen) atoms. The predicted molar refractivity (Wildman–Crippen MR) is 73.5 cm³/mol. The van der Waals surface area contributed by atoms with Gasteiger partial charge in [0, 0.05) is 31.3 Å². The SMILES string of the molecule is CCC(=O)CN(CC)CCn1cc(C)c(=O)[nH]c1=O. The molecule has 0 spiro atoms. The number of aromatic amines is 1. The van der Waals surface area contributed by atoms with E-state index in [1.807, 2.05) is 18.7 Å². The van der Waals surface area contributed by atoms with Crippen molar-refractivity contribution in [2.24, 2.45) is 0 Å². The Hall–Kier alpha value is -1.69. The van der Waals surface area contributed by atoms with Crippen LogP contribution in [-0.4, -0.2) is 39.9 Å². The van der Waals surface area contributed by atoms with Crippen molar-refractivity contribution in [3.05, 3.63) is 32.6 Å². The molecule has 0 unspecified atom stereocenters. The Labute approximate surface area is 112 Å². The maximum Gasteiger partial charge on any atom is 0.328 e. The number of hydrogen-bond acceptors (Lipinski definition) is 4. The Bertz CT molecular complexity index is 545. The lowest BCUT2D eigenvalue weighted by Gasteiger charge is -2.19. The molecule has 1 heterocycles. The van der Waals surface area contributed by atoms with Crippen molar-refractivity contribution in [2.75, 3.05) is 19.6 Å². The molecule has 0 atom stereocenters. The van der Waals surface area contributed by atoms with Crippen molar-refractivity contribution in [1.82, 2.24) is 14.5 Å². The Balaban J connectivity index is 2.70. The van der Waals surface area contributed by atoms with E-state index in [2.05, 4.69) is 4.98 Å². The number of carbonyl (C=O) groups excluding carboxylic acids is 1. The minimum atomic E-state index is -0.409. The molecule has 0 aliphatic heterocycles. The first kappa shape index (κ1) is 15.4. The number of rotatable bonds is 7. The van der Waals surface area contributed by atoms with Crippen LogP contribution < -0.4 is 11.2 Å². The first-order valence-corrected chi connectivity index (χ1v) is 6.52. The van der Waals surface area contributed by atoms with E-state index in [-0.39, 0.29) is 11.3 Å². The number of hydrogen-bond donors (Lipinski definition) is 1. The van der Waals surface area contributed by atoms with Crippen LogP contribution in [0.3, 0.4) is 0 Å². The molecular weight excluding hydrogens is 246 g/mol. The van der Waals surface area contributed by atoms with E-state index in [1.54, 1.807) is 13.1 Å². The summed E-state index contributed by atoms with van der Waals surface area (Å²) in [6.07, 6.45) is 2.07. The Morgan fingerprint density at radius 1 is 1.37 bits per heavy atom. The molecule has 0 fully saturated rings. The average molecular weight is 267 g/mol. The largest absolute Gasteiger partial charge is 0.328 e. The summed E-state index contributed by atoms with van der Waals surface area (Å²) >= 11 is 0. The molecule has 0 aromatic carbocycles. The first-order chi connectivity index (χ1) is 8.97. The number of nitrogens with zero attached hydrogens (tertiary/aromatic N) is 2. The van der Waals surface area contributed by atoms with E-state index in [1.165, 1.54) is 4.57 Å². The smallest absolute Gasteiger partial charge is 0.299 e. The Kier molecular flexibility index (Phi) is 5.69. The molecule has 6 nitrogen and oxygen atoms in total. The van der Waals surface area contributed by atoms with Gasteiger partial charge < -0.3 is 0 Å². The second-order valence-corrected chi connectivity index (χ2v) is 4.53. The molecule has 0 saturated carbocycles. The summed E-state index contributed by atoms with van der Waals surface area (Å²) in [4.78, 5) is 38.5. The highest BCUT2D eigenvalue weighted by atomic mass is 16.2. The number of carbonyl (C=O) groups is 1. The number of nitrogens with one attached hydrogen (secondary N) is 1. The minimum Gasteiger partial charge on any atom is -0.299 e. The van der Waals surface area contributed by atoms with Gasteiger partial charge in [-0.2, -0.15) is 0 Å². The van der Waals surface area contributed by atoms with Crippen LogP contribution >= 0.6 is 0 Å². The molecule has 0 bridgehead atoms. The highest BCUT2D eigenvalue weighted by Crippen LogP contribution is 1.93. The van der Waals surface area contributed by atoms with Gasteiger partial charge in [-0.3, -0.25) is 24.0 Å². The standard InChI is InChI=1S/C13H21N3O3/c1-4-11(17)9-15(5-2)6-7-16-8-10(3)12(18)14-13(16)19/h8H,4-7,9H2,1-3H3,(H,14,18,19). The molecule has 0 radical (unpaired) electrons. The van der Waals surface area contributed by atoms with E-state index < -0.39 is 5.69 Å².